The second-order valence-electron chi connectivity index (χ2n) is 7.43. The van der Waals surface area contributed by atoms with E-state index in [9.17, 15) is 13.2 Å². The summed E-state index contributed by atoms with van der Waals surface area (Å²) in [6.45, 7) is 3.28. The minimum Gasteiger partial charge on any atom is -0.495 e. The highest BCUT2D eigenvalue weighted by molar-refractivity contribution is 7.90. The third kappa shape index (κ3) is 4.93. The van der Waals surface area contributed by atoms with Gasteiger partial charge in [0.1, 0.15) is 16.5 Å². The van der Waals surface area contributed by atoms with Gasteiger partial charge in [-0.2, -0.15) is 0 Å². The molecule has 0 saturated heterocycles. The molecule has 1 atom stereocenters. The van der Waals surface area contributed by atoms with Gasteiger partial charge in [0.25, 0.3) is 0 Å². The molecule has 1 aliphatic heterocycles. The maximum absolute atomic E-state index is 12.9. The third-order valence-corrected chi connectivity index (χ3v) is 8.05. The van der Waals surface area contributed by atoms with Crippen LogP contribution in [-0.4, -0.2) is 26.5 Å². The molecule has 2 amide bonds. The molecular formula is C22H24N4O4S2. The number of aromatic nitrogens is 1. The van der Waals surface area contributed by atoms with Crippen molar-refractivity contribution in [3.63, 3.8) is 0 Å². The molecule has 10 heteroatoms. The number of anilines is 1. The van der Waals surface area contributed by atoms with Crippen molar-refractivity contribution in [2.75, 3.05) is 12.4 Å². The zero-order valence-electron chi connectivity index (χ0n) is 17.7. The average Bonchev–Trinajstić information content (AvgIpc) is 3.35. The zero-order chi connectivity index (χ0) is 22.7. The molecule has 1 aliphatic rings. The topological polar surface area (TPSA) is 109 Å². The van der Waals surface area contributed by atoms with Gasteiger partial charge in [0.2, 0.25) is 0 Å². The van der Waals surface area contributed by atoms with Crippen molar-refractivity contribution in [1.82, 2.24) is 15.6 Å². The van der Waals surface area contributed by atoms with Crippen LogP contribution in [0.3, 0.4) is 0 Å². The number of urea groups is 1. The predicted molar refractivity (Wildman–Crippen MR) is 124 cm³/mol. The lowest BCUT2D eigenvalue weighted by Gasteiger charge is -2.16. The molecule has 2 heterocycles. The Hall–Kier alpha value is -2.95. The highest BCUT2D eigenvalue weighted by atomic mass is 32.2. The number of fused-ring (bicyclic) bond motifs is 1. The van der Waals surface area contributed by atoms with Crippen molar-refractivity contribution < 1.29 is 17.9 Å². The third-order valence-electron chi connectivity index (χ3n) is 5.14. The summed E-state index contributed by atoms with van der Waals surface area (Å²) in [7, 11) is -2.18. The number of nitrogens with zero attached hydrogens (tertiary/aromatic N) is 1. The van der Waals surface area contributed by atoms with E-state index in [1.165, 1.54) is 36.6 Å². The van der Waals surface area contributed by atoms with E-state index in [2.05, 4.69) is 20.9 Å². The first-order valence-electron chi connectivity index (χ1n) is 10.1. The van der Waals surface area contributed by atoms with E-state index in [1.807, 2.05) is 37.3 Å². The number of methoxy groups -OCH3 is 1. The normalized spacial score (nSPS) is 13.9. The van der Waals surface area contributed by atoms with E-state index >= 15 is 0 Å². The van der Waals surface area contributed by atoms with Crippen LogP contribution in [0.1, 0.15) is 34.1 Å². The lowest BCUT2D eigenvalue weighted by atomic mass is 10.1. The molecule has 168 valence electrons. The molecule has 0 saturated carbocycles. The predicted octanol–water partition coefficient (Wildman–Crippen LogP) is 3.61. The number of benzene rings is 2. The molecule has 0 aliphatic carbocycles. The van der Waals surface area contributed by atoms with Crippen molar-refractivity contribution in [3.8, 4) is 5.75 Å². The molecule has 1 unspecified atom stereocenters. The quantitative estimate of drug-likeness (QED) is 0.485. The number of thiazole rings is 1. The summed E-state index contributed by atoms with van der Waals surface area (Å²) in [6, 6.07) is 13.4. The first-order chi connectivity index (χ1) is 15.4. The smallest absolute Gasteiger partial charge is 0.319 e. The van der Waals surface area contributed by atoms with Gasteiger partial charge in [0.05, 0.1) is 29.4 Å². The Kier molecular flexibility index (Phi) is 6.45. The van der Waals surface area contributed by atoms with Crippen LogP contribution in [0, 0.1) is 0 Å². The molecule has 0 spiro atoms. The molecule has 0 bridgehead atoms. The van der Waals surface area contributed by atoms with E-state index < -0.39 is 15.9 Å². The van der Waals surface area contributed by atoms with Crippen LogP contribution in [0.25, 0.3) is 0 Å². The number of rotatable bonds is 7. The van der Waals surface area contributed by atoms with Gasteiger partial charge in [-0.1, -0.05) is 30.3 Å². The van der Waals surface area contributed by atoms with Gasteiger partial charge in [0, 0.05) is 24.0 Å². The molecule has 3 N–H and O–H groups in total. The van der Waals surface area contributed by atoms with Gasteiger partial charge < -0.3 is 20.7 Å². The molecule has 2 aromatic carbocycles. The summed E-state index contributed by atoms with van der Waals surface area (Å²) in [5.74, 6) is 0.0924. The average molecular weight is 473 g/mol. The van der Waals surface area contributed by atoms with Gasteiger partial charge in [-0.25, -0.2) is 18.2 Å². The van der Waals surface area contributed by atoms with Crippen molar-refractivity contribution in [2.45, 2.75) is 36.7 Å². The van der Waals surface area contributed by atoms with E-state index in [0.29, 0.717) is 17.2 Å². The standard InChI is InChI=1S/C22H24N4O4S2/c1-14(15-6-4-3-5-7-15)24-22(27)26-17-9-8-16(10-19(17)30-2)32(28,29)13-21-25-18-11-23-12-20(18)31-21/h3-10,14,23H,11-13H2,1-2H3,(H2,24,26,27). The fourth-order valence-electron chi connectivity index (χ4n) is 3.46. The number of carbonyl (C=O) groups excluding carboxylic acids is 1. The largest absolute Gasteiger partial charge is 0.495 e. The van der Waals surface area contributed by atoms with Gasteiger partial charge >= 0.3 is 6.03 Å². The zero-order valence-corrected chi connectivity index (χ0v) is 19.3. The fourth-order valence-corrected chi connectivity index (χ4v) is 6.13. The van der Waals surface area contributed by atoms with Crippen LogP contribution in [0.4, 0.5) is 10.5 Å². The van der Waals surface area contributed by atoms with Crippen LogP contribution in [0.2, 0.25) is 0 Å². The first-order valence-corrected chi connectivity index (χ1v) is 12.5. The van der Waals surface area contributed by atoms with Crippen molar-refractivity contribution in [1.29, 1.82) is 0 Å². The Morgan fingerprint density at radius 2 is 2.00 bits per heavy atom. The number of hydrogen-bond donors (Lipinski definition) is 3. The summed E-state index contributed by atoms with van der Waals surface area (Å²) in [4.78, 5) is 18.1. The van der Waals surface area contributed by atoms with Crippen LogP contribution < -0.4 is 20.7 Å². The summed E-state index contributed by atoms with van der Waals surface area (Å²) in [6.07, 6.45) is 0. The number of carbonyl (C=O) groups is 1. The van der Waals surface area contributed by atoms with Crippen LogP contribution in [-0.2, 0) is 28.7 Å². The highest BCUT2D eigenvalue weighted by Crippen LogP contribution is 2.31. The number of sulfone groups is 1. The van der Waals surface area contributed by atoms with Gasteiger partial charge in [0.15, 0.2) is 9.84 Å². The SMILES string of the molecule is COc1cc(S(=O)(=O)Cc2nc3c(s2)CNC3)ccc1NC(=O)NC(C)c1ccccc1. The Morgan fingerprint density at radius 1 is 1.22 bits per heavy atom. The van der Waals surface area contributed by atoms with E-state index in [-0.39, 0.29) is 22.4 Å². The molecule has 8 nitrogen and oxygen atoms in total. The second-order valence-corrected chi connectivity index (χ2v) is 10.6. The summed E-state index contributed by atoms with van der Waals surface area (Å²) < 4.78 is 31.2. The van der Waals surface area contributed by atoms with E-state index in [0.717, 1.165) is 22.7 Å². The summed E-state index contributed by atoms with van der Waals surface area (Å²) in [5, 5.41) is 9.35. The molecule has 1 aromatic heterocycles. The van der Waals surface area contributed by atoms with Crippen molar-refractivity contribution >= 4 is 32.9 Å². The molecule has 0 radical (unpaired) electrons. The number of ether oxygens (including phenoxy) is 1. The van der Waals surface area contributed by atoms with Gasteiger partial charge in [-0.05, 0) is 24.6 Å². The number of hydrogen-bond acceptors (Lipinski definition) is 7. The Balaban J connectivity index is 1.46. The number of amides is 2. The molecule has 4 rings (SSSR count). The highest BCUT2D eigenvalue weighted by Gasteiger charge is 2.23. The fraction of sp³-hybridized carbons (Fsp3) is 0.273. The van der Waals surface area contributed by atoms with E-state index in [1.54, 1.807) is 0 Å². The maximum atomic E-state index is 12.9. The maximum Gasteiger partial charge on any atom is 0.319 e. The monoisotopic (exact) mass is 472 g/mol. The lowest BCUT2D eigenvalue weighted by Crippen LogP contribution is -2.31. The molecule has 32 heavy (non-hydrogen) atoms. The first kappa shape index (κ1) is 22.3. The number of nitrogens with one attached hydrogen (secondary N) is 3. The van der Waals surface area contributed by atoms with Crippen LogP contribution in [0.15, 0.2) is 53.4 Å². The van der Waals surface area contributed by atoms with Gasteiger partial charge in [-0.3, -0.25) is 0 Å². The molecular weight excluding hydrogens is 448 g/mol. The minimum absolute atomic E-state index is 0.117. The summed E-state index contributed by atoms with van der Waals surface area (Å²) >= 11 is 1.42. The molecule has 3 aromatic rings. The molecule has 0 fully saturated rings. The van der Waals surface area contributed by atoms with Gasteiger partial charge in [-0.15, -0.1) is 11.3 Å². The Labute approximate surface area is 191 Å². The van der Waals surface area contributed by atoms with Crippen molar-refractivity contribution in [3.05, 3.63) is 69.7 Å². The minimum atomic E-state index is -3.61. The van der Waals surface area contributed by atoms with Crippen molar-refractivity contribution in [2.24, 2.45) is 0 Å². The Bertz CT molecular complexity index is 1200. The van der Waals surface area contributed by atoms with Crippen LogP contribution >= 0.6 is 11.3 Å². The Morgan fingerprint density at radius 3 is 2.72 bits per heavy atom. The lowest BCUT2D eigenvalue weighted by molar-refractivity contribution is 0.249. The van der Waals surface area contributed by atoms with Crippen LogP contribution in [0.5, 0.6) is 5.75 Å². The second kappa shape index (κ2) is 9.27. The summed E-state index contributed by atoms with van der Waals surface area (Å²) in [5.41, 5.74) is 2.27. The van der Waals surface area contributed by atoms with E-state index in [4.69, 9.17) is 4.74 Å².